The van der Waals surface area contributed by atoms with E-state index in [2.05, 4.69) is 43.5 Å². The van der Waals surface area contributed by atoms with Gasteiger partial charge in [0.2, 0.25) is 5.91 Å². The van der Waals surface area contributed by atoms with E-state index in [-0.39, 0.29) is 12.3 Å². The fraction of sp³-hybridized carbons (Fsp3) is 0.806. The Kier molecular flexibility index (Phi) is 29.6. The van der Waals surface area contributed by atoms with Crippen molar-refractivity contribution >= 4 is 16.0 Å². The van der Waals surface area contributed by atoms with Crippen LogP contribution in [0, 0.1) is 0 Å². The number of amides is 1. The largest absolute Gasteiger partial charge is 0.387 e. The lowest BCUT2D eigenvalue weighted by Crippen LogP contribution is -2.46. The van der Waals surface area contributed by atoms with Crippen molar-refractivity contribution in [1.29, 1.82) is 0 Å². The third-order valence-corrected chi connectivity index (χ3v) is 8.57. The van der Waals surface area contributed by atoms with Gasteiger partial charge in [-0.25, -0.2) is 0 Å². The molecule has 0 saturated carbocycles. The first-order valence-electron chi connectivity index (χ1n) is 17.7. The second kappa shape index (κ2) is 30.6. The lowest BCUT2D eigenvalue weighted by atomic mass is 10.1. The van der Waals surface area contributed by atoms with Crippen LogP contribution in [0.3, 0.4) is 0 Å². The molecule has 1 amide bonds. The van der Waals surface area contributed by atoms with Crippen molar-refractivity contribution in [2.75, 3.05) is 5.75 Å². The van der Waals surface area contributed by atoms with E-state index < -0.39 is 28.0 Å². The van der Waals surface area contributed by atoms with Gasteiger partial charge >= 0.3 is 0 Å². The highest BCUT2D eigenvalue weighted by atomic mass is 32.2. The topological polar surface area (TPSA) is 104 Å². The Labute approximate surface area is 266 Å². The summed E-state index contributed by atoms with van der Waals surface area (Å²) in [5.74, 6) is -1.01. The second-order valence-electron chi connectivity index (χ2n) is 12.1. The Balaban J connectivity index is 4.08. The maximum atomic E-state index is 12.4. The van der Waals surface area contributed by atoms with E-state index in [1.165, 1.54) is 96.0 Å². The molecule has 2 unspecified atom stereocenters. The first-order chi connectivity index (χ1) is 20.8. The van der Waals surface area contributed by atoms with Crippen LogP contribution in [0.5, 0.6) is 0 Å². The van der Waals surface area contributed by atoms with E-state index in [4.69, 9.17) is 0 Å². The van der Waals surface area contributed by atoms with Crippen molar-refractivity contribution in [3.05, 3.63) is 36.5 Å². The van der Waals surface area contributed by atoms with E-state index >= 15 is 0 Å². The average Bonchev–Trinajstić information content (AvgIpc) is 2.96. The molecule has 0 aromatic heterocycles. The summed E-state index contributed by atoms with van der Waals surface area (Å²) in [6.45, 7) is 4.47. The molecular weight excluding hydrogens is 558 g/mol. The molecule has 6 nitrogen and oxygen atoms in total. The molecule has 0 aliphatic heterocycles. The minimum Gasteiger partial charge on any atom is -0.387 e. The number of carbonyl (C=O) groups excluding carboxylic acids is 1. The van der Waals surface area contributed by atoms with Crippen LogP contribution >= 0.6 is 0 Å². The number of aliphatic hydroxyl groups excluding tert-OH is 1. The van der Waals surface area contributed by atoms with Gasteiger partial charge in [-0.3, -0.25) is 9.35 Å². The summed E-state index contributed by atoms with van der Waals surface area (Å²) in [7, 11) is -4.35. The molecule has 3 N–H and O–H groups in total. The molecule has 7 heteroatoms. The number of hydrogen-bond acceptors (Lipinski definition) is 4. The Morgan fingerprint density at radius 3 is 1.51 bits per heavy atom. The number of allylic oxidation sites excluding steroid dienone is 5. The van der Waals surface area contributed by atoms with Crippen LogP contribution in [0.4, 0.5) is 0 Å². The first kappa shape index (κ1) is 41.6. The molecule has 252 valence electrons. The number of hydrogen-bond donors (Lipinski definition) is 3. The first-order valence-corrected chi connectivity index (χ1v) is 19.3. The number of aliphatic hydroxyl groups is 1. The summed E-state index contributed by atoms with van der Waals surface area (Å²) < 4.78 is 32.3. The van der Waals surface area contributed by atoms with Crippen LogP contribution in [0.25, 0.3) is 0 Å². The van der Waals surface area contributed by atoms with Gasteiger partial charge < -0.3 is 10.4 Å². The predicted molar refractivity (Wildman–Crippen MR) is 184 cm³/mol. The van der Waals surface area contributed by atoms with Crippen LogP contribution in [0.2, 0.25) is 0 Å². The molecule has 0 radical (unpaired) electrons. The highest BCUT2D eigenvalue weighted by molar-refractivity contribution is 7.85. The van der Waals surface area contributed by atoms with Crippen molar-refractivity contribution in [3.63, 3.8) is 0 Å². The van der Waals surface area contributed by atoms with E-state index in [0.717, 1.165) is 44.9 Å². The Morgan fingerprint density at radius 1 is 0.605 bits per heavy atom. The highest BCUT2D eigenvalue weighted by Crippen LogP contribution is 2.12. The number of nitrogens with one attached hydrogen (secondary N) is 1. The van der Waals surface area contributed by atoms with Crippen LogP contribution in [-0.4, -0.2) is 41.9 Å². The molecule has 0 aliphatic rings. The Hall–Kier alpha value is -1.44. The molecule has 0 aliphatic carbocycles. The lowest BCUT2D eigenvalue weighted by Gasteiger charge is -2.21. The third-order valence-electron chi connectivity index (χ3n) is 7.79. The third kappa shape index (κ3) is 31.8. The highest BCUT2D eigenvalue weighted by Gasteiger charge is 2.24. The fourth-order valence-electron chi connectivity index (χ4n) is 5.11. The molecule has 0 heterocycles. The van der Waals surface area contributed by atoms with E-state index in [0.29, 0.717) is 12.8 Å². The molecule has 0 aromatic rings. The molecular formula is C36H67NO5S. The molecule has 0 saturated heterocycles. The lowest BCUT2D eigenvalue weighted by molar-refractivity contribution is -0.122. The van der Waals surface area contributed by atoms with Crippen molar-refractivity contribution in [3.8, 4) is 0 Å². The summed E-state index contributed by atoms with van der Waals surface area (Å²) in [5.41, 5.74) is 0. The van der Waals surface area contributed by atoms with Crippen LogP contribution < -0.4 is 5.32 Å². The van der Waals surface area contributed by atoms with Gasteiger partial charge in [0.25, 0.3) is 10.1 Å². The second-order valence-corrected chi connectivity index (χ2v) is 13.6. The zero-order valence-electron chi connectivity index (χ0n) is 27.8. The van der Waals surface area contributed by atoms with Gasteiger partial charge in [0, 0.05) is 6.42 Å². The molecule has 0 aromatic carbocycles. The maximum Gasteiger partial charge on any atom is 0.267 e. The number of unbranched alkanes of at least 4 members (excludes halogenated alkanes) is 19. The predicted octanol–water partition coefficient (Wildman–Crippen LogP) is 9.79. The minimum absolute atomic E-state index is 0.277. The molecule has 43 heavy (non-hydrogen) atoms. The van der Waals surface area contributed by atoms with Crippen LogP contribution in [0.1, 0.15) is 168 Å². The monoisotopic (exact) mass is 625 g/mol. The van der Waals surface area contributed by atoms with E-state index in [1.807, 2.05) is 0 Å². The Bertz CT molecular complexity index is 821. The zero-order chi connectivity index (χ0) is 31.9. The van der Waals surface area contributed by atoms with E-state index in [1.54, 1.807) is 6.08 Å². The van der Waals surface area contributed by atoms with Crippen molar-refractivity contribution in [2.24, 2.45) is 0 Å². The van der Waals surface area contributed by atoms with Crippen molar-refractivity contribution < 1.29 is 22.9 Å². The zero-order valence-corrected chi connectivity index (χ0v) is 28.6. The van der Waals surface area contributed by atoms with Crippen molar-refractivity contribution in [2.45, 2.75) is 180 Å². The molecule has 2 atom stereocenters. The quantitative estimate of drug-likeness (QED) is 0.0404. The summed E-state index contributed by atoms with van der Waals surface area (Å²) in [6.07, 6.45) is 38.4. The summed E-state index contributed by atoms with van der Waals surface area (Å²) >= 11 is 0. The molecule has 0 rings (SSSR count). The van der Waals surface area contributed by atoms with Gasteiger partial charge in [-0.2, -0.15) is 8.42 Å². The minimum atomic E-state index is -4.35. The summed E-state index contributed by atoms with van der Waals surface area (Å²) in [5, 5.41) is 13.1. The van der Waals surface area contributed by atoms with Gasteiger partial charge in [-0.15, -0.1) is 0 Å². The Morgan fingerprint density at radius 2 is 1.00 bits per heavy atom. The fourth-order valence-corrected chi connectivity index (χ4v) is 5.84. The van der Waals surface area contributed by atoms with Gasteiger partial charge in [-0.05, 0) is 57.8 Å². The molecule has 0 fully saturated rings. The summed E-state index contributed by atoms with van der Waals surface area (Å²) in [6, 6.07) is -1.07. The van der Waals surface area contributed by atoms with Crippen molar-refractivity contribution in [1.82, 2.24) is 5.32 Å². The SMILES string of the molecule is CCCCC/C=C\CCCCCCCC(=O)NC(CS(=O)(=O)O)C(O)/C=C/CC/C=C/CCCCCCCCCCCC. The molecule has 0 spiro atoms. The number of carbonyl (C=O) groups is 1. The standard InChI is InChI=1S/C36H67NO5S/c1-3-5-7-9-11-13-15-17-18-19-20-21-23-25-27-29-31-35(38)34(33-43(40,41)42)37-36(39)32-30-28-26-24-22-16-14-12-10-8-6-4-2/h12,14,21,23,29,31,34-35,38H,3-11,13,15-20,22,24-28,30,32-33H2,1-2H3,(H,37,39)(H,40,41,42)/b14-12-,23-21+,31-29+. The normalized spacial score (nSPS) is 13.9. The van der Waals surface area contributed by atoms with Crippen LogP contribution in [-0.2, 0) is 14.9 Å². The number of rotatable bonds is 31. The summed E-state index contributed by atoms with van der Waals surface area (Å²) in [4.78, 5) is 12.4. The smallest absolute Gasteiger partial charge is 0.267 e. The van der Waals surface area contributed by atoms with Gasteiger partial charge in [0.15, 0.2) is 0 Å². The van der Waals surface area contributed by atoms with Gasteiger partial charge in [0.05, 0.1) is 17.9 Å². The molecule has 0 bridgehead atoms. The van der Waals surface area contributed by atoms with Gasteiger partial charge in [-0.1, -0.05) is 140 Å². The van der Waals surface area contributed by atoms with Gasteiger partial charge in [0.1, 0.15) is 0 Å². The maximum absolute atomic E-state index is 12.4. The van der Waals surface area contributed by atoms with Crippen LogP contribution in [0.15, 0.2) is 36.5 Å². The average molecular weight is 626 g/mol. The van der Waals surface area contributed by atoms with E-state index in [9.17, 15) is 22.9 Å².